The minimum absolute atomic E-state index is 0.0374. The molecule has 0 fully saturated rings. The molecule has 3 aliphatic carbocycles. The Balaban J connectivity index is 1.78. The highest BCUT2D eigenvalue weighted by Gasteiger charge is 2.41. The van der Waals surface area contributed by atoms with E-state index in [-0.39, 0.29) is 21.5 Å². The van der Waals surface area contributed by atoms with E-state index in [4.69, 9.17) is 0 Å². The second kappa shape index (κ2) is 3.74. The summed E-state index contributed by atoms with van der Waals surface area (Å²) >= 11 is 2.64. The fraction of sp³-hybridized carbons (Fsp3) is 0.222. The third kappa shape index (κ3) is 1.23. The predicted octanol–water partition coefficient (Wildman–Crippen LogP) is 4.03. The summed E-state index contributed by atoms with van der Waals surface area (Å²) in [6.45, 7) is 0. The van der Waals surface area contributed by atoms with Crippen molar-refractivity contribution in [1.82, 2.24) is 0 Å². The van der Waals surface area contributed by atoms with Gasteiger partial charge in [0.25, 0.3) is 0 Å². The van der Waals surface area contributed by atoms with Gasteiger partial charge in [-0.1, -0.05) is 23.9 Å². The summed E-state index contributed by atoms with van der Waals surface area (Å²) in [5.41, 5.74) is 6.23. The molecule has 0 spiro atoms. The Kier molecular flexibility index (Phi) is 2.05. The van der Waals surface area contributed by atoms with Crippen LogP contribution in [-0.4, -0.2) is 5.25 Å². The first-order valence-corrected chi connectivity index (χ1v) is 9.15. The van der Waals surface area contributed by atoms with Gasteiger partial charge >= 0.3 is 0 Å². The minimum atomic E-state index is -0.101. The van der Waals surface area contributed by atoms with Gasteiger partial charge in [-0.05, 0) is 57.7 Å². The second-order valence-corrected chi connectivity index (χ2v) is 8.42. The van der Waals surface area contributed by atoms with E-state index in [1.54, 1.807) is 12.1 Å². The normalized spacial score (nSPS) is 26.2. The van der Waals surface area contributed by atoms with Crippen molar-refractivity contribution >= 4 is 34.2 Å². The van der Waals surface area contributed by atoms with E-state index in [2.05, 4.69) is 12.1 Å². The van der Waals surface area contributed by atoms with Crippen LogP contribution in [0.5, 0.6) is 0 Å². The molecule has 6 rings (SSSR count). The number of rotatable bonds is 0. The number of fused-ring (bicyclic) bond motifs is 6. The Hall–Kier alpha value is -1.39. The van der Waals surface area contributed by atoms with Crippen molar-refractivity contribution in [1.29, 1.82) is 0 Å². The molecule has 2 unspecified atom stereocenters. The minimum Gasteiger partial charge on any atom is -0.200 e. The van der Waals surface area contributed by atoms with Crippen molar-refractivity contribution in [2.24, 2.45) is 0 Å². The largest absolute Gasteiger partial charge is 0.200 e. The van der Waals surface area contributed by atoms with Crippen molar-refractivity contribution in [3.63, 3.8) is 0 Å². The van der Waals surface area contributed by atoms with Crippen LogP contribution in [0.4, 0.5) is 8.78 Å². The lowest BCUT2D eigenvalue weighted by Crippen LogP contribution is -2.33. The van der Waals surface area contributed by atoms with Crippen LogP contribution in [0.2, 0.25) is 0 Å². The van der Waals surface area contributed by atoms with Gasteiger partial charge in [-0.25, -0.2) is 0 Å². The molecule has 1 aromatic carbocycles. The zero-order valence-electron chi connectivity index (χ0n) is 11.5. The molecule has 2 aromatic rings. The molecule has 2 heterocycles. The summed E-state index contributed by atoms with van der Waals surface area (Å²) in [7, 11) is 0. The Morgan fingerprint density at radius 2 is 1.95 bits per heavy atom. The monoisotopic (exact) mass is 328 g/mol. The van der Waals surface area contributed by atoms with E-state index >= 15 is 0 Å². The summed E-state index contributed by atoms with van der Waals surface area (Å²) in [6, 6.07) is 5.93. The third-order valence-electron chi connectivity index (χ3n) is 5.35. The van der Waals surface area contributed by atoms with Crippen LogP contribution >= 0.6 is 23.1 Å². The Labute approximate surface area is 133 Å². The molecule has 0 bridgehead atoms. The lowest BCUT2D eigenvalue weighted by atomic mass is 9.95. The fourth-order valence-electron chi connectivity index (χ4n) is 4.59. The molecule has 1 aromatic heterocycles. The van der Waals surface area contributed by atoms with E-state index in [9.17, 15) is 8.78 Å². The van der Waals surface area contributed by atoms with Gasteiger partial charge in [0, 0.05) is 21.6 Å². The number of benzene rings is 1. The number of halogens is 2. The first kappa shape index (κ1) is 12.1. The SMILES string of the molecule is FC1=CC2c3ccc4c5c3=C(CCC=5c3sc(F)cc3-4)C2S1. The van der Waals surface area contributed by atoms with Crippen molar-refractivity contribution in [3.05, 3.63) is 55.4 Å². The number of hydrogen-bond acceptors (Lipinski definition) is 2. The van der Waals surface area contributed by atoms with Crippen LogP contribution in [0, 0.1) is 5.13 Å². The van der Waals surface area contributed by atoms with Gasteiger partial charge in [-0.15, -0.1) is 11.3 Å². The number of thioether (sulfide) groups is 1. The zero-order valence-corrected chi connectivity index (χ0v) is 13.1. The summed E-state index contributed by atoms with van der Waals surface area (Å²) in [4.78, 5) is 1.12. The lowest BCUT2D eigenvalue weighted by molar-refractivity contribution is 0.657. The molecule has 0 saturated heterocycles. The topological polar surface area (TPSA) is 0 Å². The molecule has 108 valence electrons. The van der Waals surface area contributed by atoms with Gasteiger partial charge in [-0.3, -0.25) is 0 Å². The van der Waals surface area contributed by atoms with Crippen molar-refractivity contribution in [2.75, 3.05) is 0 Å². The molecule has 0 N–H and O–H groups in total. The van der Waals surface area contributed by atoms with Gasteiger partial charge in [0.05, 0.1) is 0 Å². The molecular formula is C18H10F2S2. The van der Waals surface area contributed by atoms with Gasteiger partial charge in [-0.2, -0.15) is 8.78 Å². The quantitative estimate of drug-likeness (QED) is 0.703. The molecule has 0 nitrogen and oxygen atoms in total. The molecule has 0 saturated carbocycles. The molecule has 1 aliphatic heterocycles. The Bertz CT molecular complexity index is 1040. The highest BCUT2D eigenvalue weighted by molar-refractivity contribution is 8.04. The second-order valence-electron chi connectivity index (χ2n) is 6.28. The van der Waals surface area contributed by atoms with Crippen molar-refractivity contribution in [2.45, 2.75) is 24.0 Å². The van der Waals surface area contributed by atoms with Gasteiger partial charge in [0.2, 0.25) is 0 Å². The first-order chi connectivity index (χ1) is 10.7. The molecule has 4 heteroatoms. The smallest absolute Gasteiger partial charge is 0.177 e. The third-order valence-corrected chi connectivity index (χ3v) is 7.53. The predicted molar refractivity (Wildman–Crippen MR) is 87.4 cm³/mol. The summed E-state index contributed by atoms with van der Waals surface area (Å²) in [5.74, 6) is 0.190. The molecule has 0 radical (unpaired) electrons. The van der Waals surface area contributed by atoms with Crippen LogP contribution in [0.3, 0.4) is 0 Å². The Morgan fingerprint density at radius 3 is 2.86 bits per heavy atom. The maximum Gasteiger partial charge on any atom is 0.177 e. The van der Waals surface area contributed by atoms with E-state index in [0.29, 0.717) is 0 Å². The van der Waals surface area contributed by atoms with Crippen LogP contribution in [-0.2, 0) is 0 Å². The van der Waals surface area contributed by atoms with E-state index in [1.807, 2.05) is 0 Å². The zero-order chi connectivity index (χ0) is 14.6. The van der Waals surface area contributed by atoms with Crippen LogP contribution in [0.1, 0.15) is 29.2 Å². The number of thiophene rings is 1. The average molecular weight is 328 g/mol. The Morgan fingerprint density at radius 1 is 1.05 bits per heavy atom. The maximum absolute atomic E-state index is 13.7. The fourth-order valence-corrected chi connectivity index (χ4v) is 6.79. The molecular weight excluding hydrogens is 318 g/mol. The van der Waals surface area contributed by atoms with E-state index in [0.717, 1.165) is 23.3 Å². The van der Waals surface area contributed by atoms with Crippen LogP contribution in [0.15, 0.2) is 29.4 Å². The maximum atomic E-state index is 13.7. The highest BCUT2D eigenvalue weighted by atomic mass is 32.2. The molecule has 0 amide bonds. The van der Waals surface area contributed by atoms with E-state index in [1.165, 1.54) is 55.8 Å². The standard InChI is InChI=1S/C18H10F2S2/c19-13-5-11-7-1-2-8-12-6-14(20)22-18(12)10-4-3-9(17(11)21-13)15(7)16(8)10/h1-2,5-6,11,17H,3-4H2. The highest BCUT2D eigenvalue weighted by Crippen LogP contribution is 2.52. The van der Waals surface area contributed by atoms with Gasteiger partial charge in [0.15, 0.2) is 10.3 Å². The van der Waals surface area contributed by atoms with Gasteiger partial charge < -0.3 is 0 Å². The van der Waals surface area contributed by atoms with Gasteiger partial charge in [0.1, 0.15) is 0 Å². The van der Waals surface area contributed by atoms with Crippen molar-refractivity contribution in [3.8, 4) is 11.1 Å². The average Bonchev–Trinajstić information content (AvgIpc) is 3.19. The van der Waals surface area contributed by atoms with Crippen LogP contribution < -0.4 is 10.4 Å². The molecule has 4 aliphatic rings. The summed E-state index contributed by atoms with van der Waals surface area (Å²) in [5, 5.41) is 2.79. The van der Waals surface area contributed by atoms with Crippen molar-refractivity contribution < 1.29 is 8.78 Å². The summed E-state index contributed by atoms with van der Waals surface area (Å²) in [6.07, 6.45) is 3.72. The molecule has 2 atom stereocenters. The van der Waals surface area contributed by atoms with E-state index < -0.39 is 0 Å². The first-order valence-electron chi connectivity index (χ1n) is 7.45. The number of hydrogen-bond donors (Lipinski definition) is 0. The summed E-state index contributed by atoms with van der Waals surface area (Å²) < 4.78 is 27.4. The lowest BCUT2D eigenvalue weighted by Gasteiger charge is -2.16. The number of allylic oxidation sites excluding steroid dienone is 1. The van der Waals surface area contributed by atoms with Crippen LogP contribution in [0.25, 0.3) is 22.3 Å². The molecule has 22 heavy (non-hydrogen) atoms.